The van der Waals surface area contributed by atoms with Crippen molar-refractivity contribution in [3.63, 3.8) is 0 Å². The predicted molar refractivity (Wildman–Crippen MR) is 74.8 cm³/mol. The number of rotatable bonds is 3. The number of hydrogen-bond acceptors (Lipinski definition) is 3. The van der Waals surface area contributed by atoms with Crippen LogP contribution < -0.4 is 5.32 Å². The molecule has 18 heavy (non-hydrogen) atoms. The molecule has 3 nitrogen and oxygen atoms in total. The molecule has 1 saturated carbocycles. The summed E-state index contributed by atoms with van der Waals surface area (Å²) in [6.45, 7) is 4.26. The lowest BCUT2D eigenvalue weighted by Crippen LogP contribution is -2.44. The van der Waals surface area contributed by atoms with E-state index in [-0.39, 0.29) is 5.54 Å². The second-order valence-corrected chi connectivity index (χ2v) is 5.29. The number of aryl methyl sites for hydroxylation is 1. The molecule has 1 aliphatic carbocycles. The Labute approximate surface area is 108 Å². The maximum atomic E-state index is 4.36. The van der Waals surface area contributed by atoms with Crippen LogP contribution in [0.1, 0.15) is 38.3 Å². The Kier molecular flexibility index (Phi) is 2.69. The molecule has 1 aliphatic rings. The molecule has 1 aromatic carbocycles. The predicted octanol–water partition coefficient (Wildman–Crippen LogP) is 3.68. The van der Waals surface area contributed by atoms with E-state index in [0.29, 0.717) is 0 Å². The molecule has 1 fully saturated rings. The van der Waals surface area contributed by atoms with Crippen molar-refractivity contribution in [2.75, 3.05) is 5.32 Å². The lowest BCUT2D eigenvalue weighted by molar-refractivity contribution is 0.269. The maximum Gasteiger partial charge on any atom is 0.157 e. The minimum atomic E-state index is 0.257. The van der Waals surface area contributed by atoms with Gasteiger partial charge >= 0.3 is 0 Å². The van der Waals surface area contributed by atoms with Crippen LogP contribution in [0.2, 0.25) is 0 Å². The van der Waals surface area contributed by atoms with Crippen LogP contribution in [0.3, 0.4) is 0 Å². The molecular formula is C15H19N3. The highest BCUT2D eigenvalue weighted by molar-refractivity contribution is 5.93. The van der Waals surface area contributed by atoms with Gasteiger partial charge in [0.15, 0.2) is 5.82 Å². The van der Waals surface area contributed by atoms with Gasteiger partial charge in [0.2, 0.25) is 0 Å². The molecule has 0 aliphatic heterocycles. The van der Waals surface area contributed by atoms with Crippen LogP contribution in [-0.2, 0) is 0 Å². The van der Waals surface area contributed by atoms with Crippen molar-refractivity contribution >= 4 is 16.6 Å². The summed E-state index contributed by atoms with van der Waals surface area (Å²) in [5.74, 6) is 0.942. The van der Waals surface area contributed by atoms with Crippen LogP contribution >= 0.6 is 0 Å². The zero-order valence-electron chi connectivity index (χ0n) is 11.0. The molecule has 3 rings (SSSR count). The van der Waals surface area contributed by atoms with E-state index in [1.807, 2.05) is 6.92 Å². The van der Waals surface area contributed by atoms with E-state index in [0.717, 1.165) is 17.9 Å². The van der Waals surface area contributed by atoms with Crippen molar-refractivity contribution in [1.29, 1.82) is 0 Å². The van der Waals surface area contributed by atoms with Crippen molar-refractivity contribution in [3.8, 4) is 0 Å². The summed E-state index contributed by atoms with van der Waals surface area (Å²) in [5.41, 5.74) is 1.25. The highest BCUT2D eigenvalue weighted by Crippen LogP contribution is 2.38. The van der Waals surface area contributed by atoms with E-state index >= 15 is 0 Å². The molecule has 3 heteroatoms. The van der Waals surface area contributed by atoms with E-state index in [9.17, 15) is 0 Å². The third kappa shape index (κ3) is 1.74. The van der Waals surface area contributed by atoms with Gasteiger partial charge in [0.25, 0.3) is 0 Å². The zero-order valence-corrected chi connectivity index (χ0v) is 11.0. The minimum Gasteiger partial charge on any atom is -0.363 e. The van der Waals surface area contributed by atoms with Crippen LogP contribution in [0.5, 0.6) is 0 Å². The van der Waals surface area contributed by atoms with Crippen molar-refractivity contribution in [2.24, 2.45) is 0 Å². The normalized spacial score (nSPS) is 17.4. The van der Waals surface area contributed by atoms with Crippen LogP contribution in [0.4, 0.5) is 5.82 Å². The Morgan fingerprint density at radius 2 is 1.89 bits per heavy atom. The Bertz CT molecular complexity index is 567. The van der Waals surface area contributed by atoms with Crippen LogP contribution in [-0.4, -0.2) is 15.7 Å². The first kappa shape index (κ1) is 11.5. The van der Waals surface area contributed by atoms with Crippen LogP contribution in [0.25, 0.3) is 10.8 Å². The Balaban J connectivity index is 2.04. The first-order valence-corrected chi connectivity index (χ1v) is 6.74. The van der Waals surface area contributed by atoms with Crippen molar-refractivity contribution in [2.45, 2.75) is 45.1 Å². The molecule has 94 valence electrons. The van der Waals surface area contributed by atoms with E-state index in [4.69, 9.17) is 0 Å². The Hall–Kier alpha value is -1.64. The zero-order chi connectivity index (χ0) is 12.6. The third-order valence-corrected chi connectivity index (χ3v) is 4.24. The van der Waals surface area contributed by atoms with Crippen LogP contribution in [0.15, 0.2) is 24.3 Å². The Morgan fingerprint density at radius 1 is 1.17 bits per heavy atom. The van der Waals surface area contributed by atoms with Gasteiger partial charge in [-0.05, 0) is 32.6 Å². The monoisotopic (exact) mass is 241 g/mol. The van der Waals surface area contributed by atoms with E-state index in [2.05, 4.69) is 46.7 Å². The van der Waals surface area contributed by atoms with Gasteiger partial charge in [0.1, 0.15) is 0 Å². The van der Waals surface area contributed by atoms with Gasteiger partial charge in [0.05, 0.1) is 5.69 Å². The van der Waals surface area contributed by atoms with Crippen molar-refractivity contribution in [1.82, 2.24) is 10.2 Å². The minimum absolute atomic E-state index is 0.257. The quantitative estimate of drug-likeness (QED) is 0.890. The highest BCUT2D eigenvalue weighted by atomic mass is 15.2. The van der Waals surface area contributed by atoms with Gasteiger partial charge < -0.3 is 5.32 Å². The average molecular weight is 241 g/mol. The summed E-state index contributed by atoms with van der Waals surface area (Å²) >= 11 is 0. The first-order chi connectivity index (χ1) is 8.74. The smallest absolute Gasteiger partial charge is 0.157 e. The number of benzene rings is 1. The van der Waals surface area contributed by atoms with E-state index < -0.39 is 0 Å². The average Bonchev–Trinajstić information content (AvgIpc) is 2.37. The van der Waals surface area contributed by atoms with Gasteiger partial charge in [0, 0.05) is 16.3 Å². The summed E-state index contributed by atoms with van der Waals surface area (Å²) in [7, 11) is 0. The lowest BCUT2D eigenvalue weighted by atomic mass is 9.75. The van der Waals surface area contributed by atoms with Gasteiger partial charge in [-0.2, -0.15) is 5.10 Å². The topological polar surface area (TPSA) is 37.8 Å². The van der Waals surface area contributed by atoms with Gasteiger partial charge in [-0.25, -0.2) is 0 Å². The molecule has 0 radical (unpaired) electrons. The second kappa shape index (κ2) is 4.23. The van der Waals surface area contributed by atoms with E-state index in [1.165, 1.54) is 30.0 Å². The Morgan fingerprint density at radius 3 is 2.50 bits per heavy atom. The molecule has 1 aromatic heterocycles. The number of hydrogen-bond donors (Lipinski definition) is 1. The first-order valence-electron chi connectivity index (χ1n) is 6.74. The molecule has 1 heterocycles. The summed E-state index contributed by atoms with van der Waals surface area (Å²) < 4.78 is 0. The molecule has 0 bridgehead atoms. The molecule has 0 atom stereocenters. The van der Waals surface area contributed by atoms with E-state index in [1.54, 1.807) is 0 Å². The molecule has 0 spiro atoms. The van der Waals surface area contributed by atoms with Gasteiger partial charge in [-0.15, -0.1) is 5.10 Å². The summed E-state index contributed by atoms with van der Waals surface area (Å²) in [6.07, 6.45) is 4.95. The third-order valence-electron chi connectivity index (χ3n) is 4.24. The van der Waals surface area contributed by atoms with Gasteiger partial charge in [-0.1, -0.05) is 31.2 Å². The fourth-order valence-electron chi connectivity index (χ4n) is 2.75. The summed E-state index contributed by atoms with van der Waals surface area (Å²) in [5, 5.41) is 14.6. The highest BCUT2D eigenvalue weighted by Gasteiger charge is 2.35. The largest absolute Gasteiger partial charge is 0.363 e. The standard InChI is InChI=1S/C15H19N3/c1-3-15(9-6-10-15)16-14-13-8-5-4-7-12(13)11(2)17-18-14/h4-5,7-8H,3,6,9-10H2,1-2H3,(H,16,18). The fourth-order valence-corrected chi connectivity index (χ4v) is 2.75. The summed E-state index contributed by atoms with van der Waals surface area (Å²) in [6, 6.07) is 8.36. The number of fused-ring (bicyclic) bond motifs is 1. The molecule has 0 amide bonds. The SMILES string of the molecule is CCC1(Nc2nnc(C)c3ccccc23)CCC1. The van der Waals surface area contributed by atoms with Gasteiger partial charge in [-0.3, -0.25) is 0 Å². The fraction of sp³-hybridized carbons (Fsp3) is 0.467. The van der Waals surface area contributed by atoms with Crippen molar-refractivity contribution < 1.29 is 0 Å². The summed E-state index contributed by atoms with van der Waals surface area (Å²) in [4.78, 5) is 0. The van der Waals surface area contributed by atoms with Crippen LogP contribution in [0, 0.1) is 6.92 Å². The number of nitrogens with one attached hydrogen (secondary N) is 1. The molecule has 0 saturated heterocycles. The molecule has 1 N–H and O–H groups in total. The number of aromatic nitrogens is 2. The van der Waals surface area contributed by atoms with Crippen molar-refractivity contribution in [3.05, 3.63) is 30.0 Å². The molecule has 2 aromatic rings. The molecule has 0 unspecified atom stereocenters. The second-order valence-electron chi connectivity index (χ2n) is 5.29. The lowest BCUT2D eigenvalue weighted by Gasteiger charge is -2.42. The number of anilines is 1. The molecular weight excluding hydrogens is 222 g/mol. The maximum absolute atomic E-state index is 4.36. The number of nitrogens with zero attached hydrogens (tertiary/aromatic N) is 2.